The summed E-state index contributed by atoms with van der Waals surface area (Å²) in [7, 11) is 1.75. The number of unbranched alkanes of at least 4 members (excludes halogenated alkanes) is 6. The van der Waals surface area contributed by atoms with Crippen molar-refractivity contribution in [1.82, 2.24) is 4.57 Å². The minimum atomic E-state index is -0.175. The summed E-state index contributed by atoms with van der Waals surface area (Å²) >= 11 is 0. The number of hydrogen-bond acceptors (Lipinski definition) is 4. The first-order valence-electron chi connectivity index (χ1n) is 10.3. The van der Waals surface area contributed by atoms with Crippen LogP contribution in [0, 0.1) is 0 Å². The van der Waals surface area contributed by atoms with Crippen LogP contribution in [0.2, 0.25) is 0 Å². The van der Waals surface area contributed by atoms with E-state index in [1.54, 1.807) is 17.7 Å². The van der Waals surface area contributed by atoms with Gasteiger partial charge in [-0.15, -0.1) is 0 Å². The van der Waals surface area contributed by atoms with E-state index >= 15 is 0 Å². The molecule has 0 amide bonds. The van der Waals surface area contributed by atoms with E-state index in [0.717, 1.165) is 36.6 Å². The number of rotatable bonds is 12. The molecule has 0 aliphatic carbocycles. The minimum absolute atomic E-state index is 0.175. The molecule has 1 aromatic carbocycles. The number of aryl methyl sites for hydroxylation is 1. The molecule has 0 radical (unpaired) electrons. The molecular formula is C22H34N2O3. The third-order valence-electron chi connectivity index (χ3n) is 4.82. The molecular weight excluding hydrogens is 340 g/mol. The smallest absolute Gasteiger partial charge is 0.297 e. The van der Waals surface area contributed by atoms with Crippen LogP contribution in [-0.2, 0) is 7.05 Å². The van der Waals surface area contributed by atoms with E-state index < -0.39 is 0 Å². The minimum Gasteiger partial charge on any atom is -0.489 e. The highest BCUT2D eigenvalue weighted by atomic mass is 16.5. The number of anilines is 1. The highest BCUT2D eigenvalue weighted by Gasteiger charge is 2.18. The number of pyridine rings is 1. The molecule has 27 heavy (non-hydrogen) atoms. The van der Waals surface area contributed by atoms with Gasteiger partial charge in [0.1, 0.15) is 0 Å². The third kappa shape index (κ3) is 5.65. The Morgan fingerprint density at radius 3 is 2.26 bits per heavy atom. The van der Waals surface area contributed by atoms with Gasteiger partial charge in [0, 0.05) is 18.1 Å². The van der Waals surface area contributed by atoms with E-state index in [1.807, 2.05) is 12.1 Å². The Labute approximate surface area is 162 Å². The lowest BCUT2D eigenvalue weighted by Gasteiger charge is -2.17. The Morgan fingerprint density at radius 2 is 1.52 bits per heavy atom. The lowest BCUT2D eigenvalue weighted by molar-refractivity contribution is 0.258. The molecule has 1 heterocycles. The molecule has 2 rings (SSSR count). The fourth-order valence-electron chi connectivity index (χ4n) is 3.15. The molecule has 0 atom stereocenters. The average molecular weight is 375 g/mol. The Kier molecular flexibility index (Phi) is 8.49. The van der Waals surface area contributed by atoms with Gasteiger partial charge in [-0.25, -0.2) is 0 Å². The van der Waals surface area contributed by atoms with Gasteiger partial charge < -0.3 is 19.8 Å². The van der Waals surface area contributed by atoms with E-state index in [-0.39, 0.29) is 5.56 Å². The summed E-state index contributed by atoms with van der Waals surface area (Å²) in [4.78, 5) is 12.9. The van der Waals surface area contributed by atoms with Gasteiger partial charge in [0.05, 0.1) is 18.7 Å². The summed E-state index contributed by atoms with van der Waals surface area (Å²) in [5.74, 6) is 0.868. The summed E-state index contributed by atoms with van der Waals surface area (Å²) in [5.41, 5.74) is 7.12. The van der Waals surface area contributed by atoms with E-state index in [9.17, 15) is 4.79 Å². The molecule has 2 aromatic rings. The summed E-state index contributed by atoms with van der Waals surface area (Å²) in [5, 5.41) is 0.861. The van der Waals surface area contributed by atoms with Gasteiger partial charge in [-0.05, 0) is 31.0 Å². The fraction of sp³-hybridized carbons (Fsp3) is 0.591. The van der Waals surface area contributed by atoms with Gasteiger partial charge in [0.2, 0.25) is 5.75 Å². The highest BCUT2D eigenvalue weighted by Crippen LogP contribution is 2.33. The summed E-state index contributed by atoms with van der Waals surface area (Å²) in [6.45, 7) is 5.43. The number of benzene rings is 1. The molecule has 1 aromatic heterocycles. The van der Waals surface area contributed by atoms with Gasteiger partial charge in [-0.3, -0.25) is 4.79 Å². The van der Waals surface area contributed by atoms with Crippen molar-refractivity contribution >= 4 is 16.6 Å². The first-order valence-corrected chi connectivity index (χ1v) is 10.3. The van der Waals surface area contributed by atoms with Gasteiger partial charge in [0.25, 0.3) is 5.56 Å². The highest BCUT2D eigenvalue weighted by molar-refractivity contribution is 5.90. The zero-order chi connectivity index (χ0) is 19.6. The van der Waals surface area contributed by atoms with Crippen LogP contribution < -0.4 is 20.8 Å². The van der Waals surface area contributed by atoms with Crippen molar-refractivity contribution in [1.29, 1.82) is 0 Å². The average Bonchev–Trinajstić information content (AvgIpc) is 2.66. The van der Waals surface area contributed by atoms with Crippen molar-refractivity contribution < 1.29 is 9.47 Å². The molecule has 2 N–H and O–H groups in total. The Balaban J connectivity index is 2.21. The molecule has 0 saturated heterocycles. The molecule has 150 valence electrons. The van der Waals surface area contributed by atoms with Crippen LogP contribution in [0.15, 0.2) is 23.0 Å². The largest absolute Gasteiger partial charge is 0.489 e. The molecule has 5 heteroatoms. The van der Waals surface area contributed by atoms with Gasteiger partial charge in [0.15, 0.2) is 5.75 Å². The Bertz CT molecular complexity index is 783. The lowest BCUT2D eigenvalue weighted by atomic mass is 10.1. The van der Waals surface area contributed by atoms with Gasteiger partial charge >= 0.3 is 0 Å². The number of aromatic nitrogens is 1. The third-order valence-corrected chi connectivity index (χ3v) is 4.82. The molecule has 0 unspecified atom stereocenters. The maximum atomic E-state index is 12.9. The predicted molar refractivity (Wildman–Crippen MR) is 113 cm³/mol. The van der Waals surface area contributed by atoms with E-state index in [0.29, 0.717) is 30.4 Å². The maximum absolute atomic E-state index is 12.9. The second kappa shape index (κ2) is 10.9. The molecule has 0 bridgehead atoms. The number of nitrogens with zero attached hydrogens (tertiary/aromatic N) is 1. The number of nitrogen functional groups attached to an aromatic ring is 1. The van der Waals surface area contributed by atoms with Gasteiger partial charge in [-0.2, -0.15) is 0 Å². The second-order valence-corrected chi connectivity index (χ2v) is 7.12. The van der Waals surface area contributed by atoms with E-state index in [4.69, 9.17) is 15.2 Å². The predicted octanol–water partition coefficient (Wildman–Crippen LogP) is 5.04. The molecule has 0 fully saturated rings. The van der Waals surface area contributed by atoms with Crippen LogP contribution in [0.1, 0.15) is 65.2 Å². The SMILES string of the molecule is CCCCCCCCOc1c(OCCCC)c2ccc(N)cc2n(C)c1=O. The summed E-state index contributed by atoms with van der Waals surface area (Å²) < 4.78 is 13.5. The topological polar surface area (TPSA) is 66.5 Å². The van der Waals surface area contributed by atoms with Crippen LogP contribution in [0.5, 0.6) is 11.5 Å². The number of fused-ring (bicyclic) bond motifs is 1. The van der Waals surface area contributed by atoms with E-state index in [1.165, 1.54) is 25.7 Å². The van der Waals surface area contributed by atoms with Crippen LogP contribution in [-0.4, -0.2) is 17.8 Å². The zero-order valence-corrected chi connectivity index (χ0v) is 17.1. The summed E-state index contributed by atoms with van der Waals surface area (Å²) in [6.07, 6.45) is 9.04. The monoisotopic (exact) mass is 374 g/mol. The fourth-order valence-corrected chi connectivity index (χ4v) is 3.15. The van der Waals surface area contributed by atoms with Crippen molar-refractivity contribution in [3.05, 3.63) is 28.6 Å². The molecule has 5 nitrogen and oxygen atoms in total. The summed E-state index contributed by atoms with van der Waals surface area (Å²) in [6, 6.07) is 5.54. The molecule has 0 aliphatic heterocycles. The molecule has 0 spiro atoms. The van der Waals surface area contributed by atoms with Crippen molar-refractivity contribution in [3.63, 3.8) is 0 Å². The van der Waals surface area contributed by atoms with Gasteiger partial charge in [-0.1, -0.05) is 52.4 Å². The second-order valence-electron chi connectivity index (χ2n) is 7.12. The van der Waals surface area contributed by atoms with E-state index in [2.05, 4.69) is 13.8 Å². The van der Waals surface area contributed by atoms with Crippen LogP contribution >= 0.6 is 0 Å². The number of hydrogen-bond donors (Lipinski definition) is 1. The maximum Gasteiger partial charge on any atom is 0.297 e. The Morgan fingerprint density at radius 1 is 0.889 bits per heavy atom. The number of nitrogens with two attached hydrogens (primary N) is 1. The van der Waals surface area contributed by atoms with Crippen LogP contribution in [0.3, 0.4) is 0 Å². The number of ether oxygens (including phenoxy) is 2. The van der Waals surface area contributed by atoms with Crippen molar-refractivity contribution in [3.8, 4) is 11.5 Å². The Hall–Kier alpha value is -2.17. The quantitative estimate of drug-likeness (QED) is 0.417. The lowest BCUT2D eigenvalue weighted by Crippen LogP contribution is -2.21. The normalized spacial score (nSPS) is 11.1. The standard InChI is InChI=1S/C22H34N2O3/c1-4-6-8-9-10-11-15-27-21-20(26-14-7-5-2)18-13-12-17(23)16-19(18)24(3)22(21)25/h12-13,16H,4-11,14-15,23H2,1-3H3. The van der Waals surface area contributed by atoms with Crippen LogP contribution in [0.25, 0.3) is 10.9 Å². The van der Waals surface area contributed by atoms with Crippen molar-refractivity contribution in [2.24, 2.45) is 7.05 Å². The zero-order valence-electron chi connectivity index (χ0n) is 17.1. The van der Waals surface area contributed by atoms with Crippen molar-refractivity contribution in [2.75, 3.05) is 18.9 Å². The first kappa shape index (κ1) is 21.1. The van der Waals surface area contributed by atoms with Crippen LogP contribution in [0.4, 0.5) is 5.69 Å². The molecule has 0 aliphatic rings. The molecule has 0 saturated carbocycles. The van der Waals surface area contributed by atoms with Crippen molar-refractivity contribution in [2.45, 2.75) is 65.2 Å². The first-order chi connectivity index (χ1) is 13.1.